The standard InChI is InChI=1S/C27H36N6O2S/c1-4-19(2)27(34)31-14-5-6-21(18-31)26-28-25(20-7-9-23(36-3)10-8-20)30-33(26)24-11-15-32(29-24)22-12-16-35-17-13-22/h7-11,15,19,21-22H,4-6,12-14,16-18H2,1-3H3. The van der Waals surface area contributed by atoms with E-state index in [1.54, 1.807) is 11.8 Å². The average molecular weight is 509 g/mol. The lowest BCUT2D eigenvalue weighted by molar-refractivity contribution is -0.136. The van der Waals surface area contributed by atoms with Crippen LogP contribution in [-0.4, -0.2) is 67.9 Å². The molecule has 192 valence electrons. The first-order valence-electron chi connectivity index (χ1n) is 13.1. The molecule has 0 aliphatic carbocycles. The number of rotatable bonds is 7. The Morgan fingerprint density at radius 2 is 1.92 bits per heavy atom. The van der Waals surface area contributed by atoms with E-state index in [0.717, 1.165) is 69.1 Å². The minimum atomic E-state index is 0.0438. The van der Waals surface area contributed by atoms with E-state index in [4.69, 9.17) is 19.9 Å². The lowest BCUT2D eigenvalue weighted by Gasteiger charge is -2.33. The molecule has 2 aliphatic rings. The van der Waals surface area contributed by atoms with Crippen LogP contribution in [0, 0.1) is 5.92 Å². The third-order valence-corrected chi connectivity index (χ3v) is 8.23. The number of piperidine rings is 1. The van der Waals surface area contributed by atoms with Gasteiger partial charge in [-0.05, 0) is 50.5 Å². The summed E-state index contributed by atoms with van der Waals surface area (Å²) in [5, 5.41) is 9.88. The van der Waals surface area contributed by atoms with Gasteiger partial charge in [0.25, 0.3) is 0 Å². The molecule has 0 radical (unpaired) electrons. The second kappa shape index (κ2) is 11.2. The van der Waals surface area contributed by atoms with Crippen LogP contribution < -0.4 is 0 Å². The summed E-state index contributed by atoms with van der Waals surface area (Å²) in [6.07, 6.45) is 8.85. The van der Waals surface area contributed by atoms with Gasteiger partial charge in [-0.1, -0.05) is 26.0 Å². The smallest absolute Gasteiger partial charge is 0.225 e. The lowest BCUT2D eigenvalue weighted by Crippen LogP contribution is -2.42. The minimum absolute atomic E-state index is 0.0438. The molecule has 2 atom stereocenters. The van der Waals surface area contributed by atoms with Crippen molar-refractivity contribution in [1.29, 1.82) is 0 Å². The van der Waals surface area contributed by atoms with Crippen LogP contribution in [0.1, 0.15) is 63.7 Å². The number of carbonyl (C=O) groups is 1. The number of aromatic nitrogens is 5. The summed E-state index contributed by atoms with van der Waals surface area (Å²) in [5.74, 6) is 2.77. The van der Waals surface area contributed by atoms with Crippen molar-refractivity contribution in [2.45, 2.75) is 62.8 Å². The summed E-state index contributed by atoms with van der Waals surface area (Å²) in [7, 11) is 0. The molecule has 2 aliphatic heterocycles. The van der Waals surface area contributed by atoms with Gasteiger partial charge in [0.2, 0.25) is 5.91 Å². The predicted octanol–water partition coefficient (Wildman–Crippen LogP) is 4.96. The summed E-state index contributed by atoms with van der Waals surface area (Å²) < 4.78 is 9.50. The molecule has 2 unspecified atom stereocenters. The number of benzene rings is 1. The number of thioether (sulfide) groups is 1. The van der Waals surface area contributed by atoms with Crippen LogP contribution in [0.3, 0.4) is 0 Å². The second-order valence-electron chi connectivity index (χ2n) is 9.86. The van der Waals surface area contributed by atoms with Crippen molar-refractivity contribution in [2.75, 3.05) is 32.6 Å². The van der Waals surface area contributed by atoms with Crippen molar-refractivity contribution >= 4 is 17.7 Å². The number of nitrogens with zero attached hydrogens (tertiary/aromatic N) is 6. The van der Waals surface area contributed by atoms with Crippen LogP contribution in [0.4, 0.5) is 0 Å². The van der Waals surface area contributed by atoms with E-state index in [1.165, 1.54) is 4.90 Å². The van der Waals surface area contributed by atoms with E-state index in [9.17, 15) is 4.79 Å². The summed E-state index contributed by atoms with van der Waals surface area (Å²) in [5.41, 5.74) is 0.986. The number of carbonyl (C=O) groups excluding carboxylic acids is 1. The van der Waals surface area contributed by atoms with Crippen LogP contribution in [0.15, 0.2) is 41.4 Å². The molecule has 3 aromatic rings. The summed E-state index contributed by atoms with van der Waals surface area (Å²) >= 11 is 1.72. The highest BCUT2D eigenvalue weighted by Gasteiger charge is 2.31. The van der Waals surface area contributed by atoms with Gasteiger partial charge in [-0.25, -0.2) is 4.98 Å². The van der Waals surface area contributed by atoms with E-state index in [2.05, 4.69) is 42.1 Å². The summed E-state index contributed by atoms with van der Waals surface area (Å²) in [6.45, 7) is 7.12. The van der Waals surface area contributed by atoms with Crippen LogP contribution in [0.2, 0.25) is 0 Å². The Morgan fingerprint density at radius 1 is 1.14 bits per heavy atom. The van der Waals surface area contributed by atoms with Gasteiger partial charge in [0, 0.05) is 60.9 Å². The van der Waals surface area contributed by atoms with Gasteiger partial charge in [-0.15, -0.1) is 16.9 Å². The van der Waals surface area contributed by atoms with Gasteiger partial charge in [-0.3, -0.25) is 9.48 Å². The van der Waals surface area contributed by atoms with Crippen molar-refractivity contribution in [3.8, 4) is 17.2 Å². The Bertz CT molecular complexity index is 1170. The first-order chi connectivity index (χ1) is 17.6. The van der Waals surface area contributed by atoms with Crippen LogP contribution in [0.25, 0.3) is 17.2 Å². The van der Waals surface area contributed by atoms with Crippen LogP contribution in [0.5, 0.6) is 0 Å². The Morgan fingerprint density at radius 3 is 2.64 bits per heavy atom. The molecule has 0 N–H and O–H groups in total. The highest BCUT2D eigenvalue weighted by Crippen LogP contribution is 2.31. The third kappa shape index (κ3) is 5.22. The van der Waals surface area contributed by atoms with E-state index < -0.39 is 0 Å². The maximum Gasteiger partial charge on any atom is 0.225 e. The van der Waals surface area contributed by atoms with Gasteiger partial charge in [-0.2, -0.15) is 9.78 Å². The molecular weight excluding hydrogens is 472 g/mol. The van der Waals surface area contributed by atoms with Crippen molar-refractivity contribution < 1.29 is 9.53 Å². The van der Waals surface area contributed by atoms with E-state index in [-0.39, 0.29) is 17.7 Å². The molecule has 0 saturated carbocycles. The van der Waals surface area contributed by atoms with Gasteiger partial charge >= 0.3 is 0 Å². The number of likely N-dealkylation sites (tertiary alicyclic amines) is 1. The van der Waals surface area contributed by atoms with Crippen LogP contribution >= 0.6 is 11.8 Å². The van der Waals surface area contributed by atoms with Crippen molar-refractivity contribution in [1.82, 2.24) is 29.4 Å². The largest absolute Gasteiger partial charge is 0.381 e. The molecule has 0 spiro atoms. The molecule has 1 aromatic carbocycles. The summed E-state index contributed by atoms with van der Waals surface area (Å²) in [4.78, 5) is 21.3. The molecule has 36 heavy (non-hydrogen) atoms. The fourth-order valence-electron chi connectivity index (χ4n) is 5.09. The monoisotopic (exact) mass is 508 g/mol. The molecule has 9 heteroatoms. The second-order valence-corrected chi connectivity index (χ2v) is 10.7. The average Bonchev–Trinajstić information content (AvgIpc) is 3.61. The first kappa shape index (κ1) is 25.0. The third-order valence-electron chi connectivity index (χ3n) is 7.49. The van der Waals surface area contributed by atoms with Gasteiger partial charge < -0.3 is 9.64 Å². The van der Waals surface area contributed by atoms with E-state index >= 15 is 0 Å². The van der Waals surface area contributed by atoms with Crippen molar-refractivity contribution in [3.05, 3.63) is 42.4 Å². The fraction of sp³-hybridized carbons (Fsp3) is 0.556. The first-order valence-corrected chi connectivity index (χ1v) is 14.3. The van der Waals surface area contributed by atoms with E-state index in [0.29, 0.717) is 18.4 Å². The molecule has 2 fully saturated rings. The molecule has 1 amide bonds. The van der Waals surface area contributed by atoms with Crippen LogP contribution in [-0.2, 0) is 9.53 Å². The Kier molecular flexibility index (Phi) is 7.76. The predicted molar refractivity (Wildman–Crippen MR) is 141 cm³/mol. The van der Waals surface area contributed by atoms with E-state index in [1.807, 2.05) is 28.8 Å². The maximum absolute atomic E-state index is 13.0. The van der Waals surface area contributed by atoms with Gasteiger partial charge in [0.1, 0.15) is 5.82 Å². The zero-order chi connectivity index (χ0) is 25.1. The topological polar surface area (TPSA) is 78.1 Å². The molecular formula is C27H36N6O2S. The SMILES string of the molecule is CCC(C)C(=O)N1CCCC(c2nc(-c3ccc(SC)cc3)nn2-c2ccn(C3CCOCC3)n2)C1. The maximum atomic E-state index is 13.0. The highest BCUT2D eigenvalue weighted by atomic mass is 32.2. The molecule has 2 aromatic heterocycles. The molecule has 5 rings (SSSR count). The fourth-order valence-corrected chi connectivity index (χ4v) is 5.50. The molecule has 4 heterocycles. The molecule has 0 bridgehead atoms. The Hall–Kier alpha value is -2.65. The molecule has 2 saturated heterocycles. The van der Waals surface area contributed by atoms with Crippen molar-refractivity contribution in [3.63, 3.8) is 0 Å². The van der Waals surface area contributed by atoms with Crippen molar-refractivity contribution in [2.24, 2.45) is 5.92 Å². The number of ether oxygens (including phenoxy) is 1. The lowest BCUT2D eigenvalue weighted by atomic mass is 9.95. The zero-order valence-electron chi connectivity index (χ0n) is 21.5. The number of hydrogen-bond acceptors (Lipinski definition) is 6. The Labute approximate surface area is 217 Å². The normalized spacial score (nSPS) is 20.0. The number of amides is 1. The Balaban J connectivity index is 1.49. The molecule has 8 nitrogen and oxygen atoms in total. The minimum Gasteiger partial charge on any atom is -0.381 e. The van der Waals surface area contributed by atoms with Gasteiger partial charge in [0.05, 0.1) is 6.04 Å². The quantitative estimate of drug-likeness (QED) is 0.420. The highest BCUT2D eigenvalue weighted by molar-refractivity contribution is 7.98. The zero-order valence-corrected chi connectivity index (χ0v) is 22.3. The summed E-state index contributed by atoms with van der Waals surface area (Å²) in [6, 6.07) is 10.7. The van der Waals surface area contributed by atoms with Gasteiger partial charge in [0.15, 0.2) is 11.6 Å². The number of hydrogen-bond donors (Lipinski definition) is 0.